The molecule has 5 rings (SSSR count). The number of anilines is 1. The minimum atomic E-state index is -0.238. The SMILES string of the molecule is N#Cc1ccc(Cl)c(-c2ccc3[nH]nc(N4CC(C(N)=O)CCC45CCCC5)c3c2)c1. The van der Waals surface area contributed by atoms with Crippen LogP contribution < -0.4 is 10.6 Å². The third-order valence-electron chi connectivity index (χ3n) is 7.08. The van der Waals surface area contributed by atoms with E-state index in [1.54, 1.807) is 12.1 Å². The van der Waals surface area contributed by atoms with E-state index in [2.05, 4.69) is 27.2 Å². The van der Waals surface area contributed by atoms with Crippen molar-refractivity contribution in [1.82, 2.24) is 10.2 Å². The predicted molar refractivity (Wildman–Crippen MR) is 122 cm³/mol. The molecule has 1 aliphatic heterocycles. The molecule has 7 heteroatoms. The molecule has 2 heterocycles. The summed E-state index contributed by atoms with van der Waals surface area (Å²) in [6.07, 6.45) is 6.43. The number of H-pyrrole nitrogens is 1. The Labute approximate surface area is 186 Å². The first-order valence-corrected chi connectivity index (χ1v) is 11.1. The van der Waals surface area contributed by atoms with Gasteiger partial charge in [-0.2, -0.15) is 10.4 Å². The van der Waals surface area contributed by atoms with Crippen LogP contribution in [0.5, 0.6) is 0 Å². The zero-order valence-electron chi connectivity index (χ0n) is 17.2. The molecular formula is C24H24ClN5O. The highest BCUT2D eigenvalue weighted by atomic mass is 35.5. The van der Waals surface area contributed by atoms with Gasteiger partial charge in [0.05, 0.1) is 23.1 Å². The van der Waals surface area contributed by atoms with Crippen molar-refractivity contribution in [3.05, 3.63) is 47.0 Å². The Morgan fingerprint density at radius 1 is 1.23 bits per heavy atom. The van der Waals surface area contributed by atoms with Gasteiger partial charge in [0.1, 0.15) is 0 Å². The van der Waals surface area contributed by atoms with Gasteiger partial charge in [0, 0.05) is 28.1 Å². The highest BCUT2D eigenvalue weighted by Gasteiger charge is 2.46. The number of carbonyl (C=O) groups is 1. The predicted octanol–water partition coefficient (Wildman–Crippen LogP) is 4.77. The standard InChI is InChI=1S/C24H24ClN5O/c25-20-5-3-15(13-26)11-18(20)16-4-6-21-19(12-16)23(29-28-21)30-14-17(22(27)31)7-10-24(30)8-1-2-9-24/h3-6,11-12,17H,1-2,7-10,14H2,(H2,27,31)(H,28,29). The molecule has 3 aromatic rings. The average molecular weight is 434 g/mol. The molecule has 1 saturated heterocycles. The number of nitrogens with two attached hydrogens (primary N) is 1. The lowest BCUT2D eigenvalue weighted by Gasteiger charge is -2.47. The molecule has 2 aliphatic rings. The lowest BCUT2D eigenvalue weighted by atomic mass is 9.80. The highest BCUT2D eigenvalue weighted by molar-refractivity contribution is 6.33. The number of carbonyl (C=O) groups excluding carboxylic acids is 1. The van der Waals surface area contributed by atoms with E-state index in [0.29, 0.717) is 17.1 Å². The van der Waals surface area contributed by atoms with Crippen LogP contribution in [0.15, 0.2) is 36.4 Å². The maximum absolute atomic E-state index is 12.0. The first-order valence-electron chi connectivity index (χ1n) is 10.8. The zero-order chi connectivity index (χ0) is 21.6. The molecule has 1 saturated carbocycles. The van der Waals surface area contributed by atoms with E-state index in [1.807, 2.05) is 18.2 Å². The Morgan fingerprint density at radius 2 is 2.03 bits per heavy atom. The van der Waals surface area contributed by atoms with E-state index >= 15 is 0 Å². The molecule has 1 atom stereocenters. The van der Waals surface area contributed by atoms with Crippen molar-refractivity contribution in [1.29, 1.82) is 5.26 Å². The smallest absolute Gasteiger partial charge is 0.222 e. The summed E-state index contributed by atoms with van der Waals surface area (Å²) in [4.78, 5) is 14.3. The second kappa shape index (κ2) is 7.58. The number of aromatic nitrogens is 2. The quantitative estimate of drug-likeness (QED) is 0.621. The summed E-state index contributed by atoms with van der Waals surface area (Å²) in [5.74, 6) is 0.471. The Morgan fingerprint density at radius 3 is 2.77 bits per heavy atom. The Hall–Kier alpha value is -3.04. The Kier molecular flexibility index (Phi) is 4.86. The van der Waals surface area contributed by atoms with Crippen LogP contribution in [0.2, 0.25) is 5.02 Å². The van der Waals surface area contributed by atoms with E-state index in [9.17, 15) is 10.1 Å². The molecular weight excluding hydrogens is 410 g/mol. The molecule has 1 aromatic heterocycles. The molecule has 0 bridgehead atoms. The van der Waals surface area contributed by atoms with Crippen LogP contribution in [0.25, 0.3) is 22.0 Å². The number of nitrogens with one attached hydrogen (secondary N) is 1. The summed E-state index contributed by atoms with van der Waals surface area (Å²) >= 11 is 6.46. The van der Waals surface area contributed by atoms with Gasteiger partial charge < -0.3 is 10.6 Å². The number of primary amides is 1. The summed E-state index contributed by atoms with van der Waals surface area (Å²) in [5, 5.41) is 18.7. The molecule has 3 N–H and O–H groups in total. The zero-order valence-corrected chi connectivity index (χ0v) is 18.0. The first-order chi connectivity index (χ1) is 15.0. The van der Waals surface area contributed by atoms with Crippen LogP contribution >= 0.6 is 11.6 Å². The fraction of sp³-hybridized carbons (Fsp3) is 0.375. The topological polar surface area (TPSA) is 98.8 Å². The van der Waals surface area contributed by atoms with Crippen molar-refractivity contribution in [2.75, 3.05) is 11.4 Å². The number of nitriles is 1. The van der Waals surface area contributed by atoms with Gasteiger partial charge >= 0.3 is 0 Å². The molecule has 1 unspecified atom stereocenters. The van der Waals surface area contributed by atoms with Crippen molar-refractivity contribution in [2.45, 2.75) is 44.1 Å². The van der Waals surface area contributed by atoms with E-state index in [0.717, 1.165) is 53.5 Å². The van der Waals surface area contributed by atoms with E-state index in [4.69, 9.17) is 17.3 Å². The number of benzene rings is 2. The summed E-state index contributed by atoms with van der Waals surface area (Å²) in [6, 6.07) is 13.5. The molecule has 158 valence electrons. The van der Waals surface area contributed by atoms with Crippen LogP contribution in [0.3, 0.4) is 0 Å². The molecule has 1 amide bonds. The summed E-state index contributed by atoms with van der Waals surface area (Å²) < 4.78 is 0. The normalized spacial score (nSPS) is 20.3. The van der Waals surface area contributed by atoms with Gasteiger partial charge in [0.25, 0.3) is 0 Å². The van der Waals surface area contributed by atoms with Gasteiger partial charge in [-0.05, 0) is 61.6 Å². The van der Waals surface area contributed by atoms with Crippen molar-refractivity contribution < 1.29 is 4.79 Å². The second-order valence-electron chi connectivity index (χ2n) is 8.79. The van der Waals surface area contributed by atoms with E-state index < -0.39 is 0 Å². The van der Waals surface area contributed by atoms with Gasteiger partial charge in [-0.1, -0.05) is 30.5 Å². The third kappa shape index (κ3) is 3.34. The fourth-order valence-electron chi connectivity index (χ4n) is 5.37. The molecule has 2 fully saturated rings. The van der Waals surface area contributed by atoms with Gasteiger partial charge in [0.15, 0.2) is 5.82 Å². The number of hydrogen-bond acceptors (Lipinski definition) is 4. The van der Waals surface area contributed by atoms with Crippen LogP contribution in [-0.4, -0.2) is 28.2 Å². The first kappa shape index (κ1) is 19.9. The Balaban J connectivity index is 1.62. The number of aromatic amines is 1. The number of amides is 1. The average Bonchev–Trinajstić information content (AvgIpc) is 3.42. The number of halogens is 1. The van der Waals surface area contributed by atoms with Crippen LogP contribution in [-0.2, 0) is 4.79 Å². The second-order valence-corrected chi connectivity index (χ2v) is 9.20. The summed E-state index contributed by atoms with van der Waals surface area (Å²) in [6.45, 7) is 0.601. The molecule has 0 radical (unpaired) electrons. The van der Waals surface area contributed by atoms with E-state index in [-0.39, 0.29) is 17.4 Å². The number of rotatable bonds is 3. The molecule has 31 heavy (non-hydrogen) atoms. The number of hydrogen-bond donors (Lipinski definition) is 2. The summed E-state index contributed by atoms with van der Waals surface area (Å²) in [5.41, 5.74) is 8.98. The molecule has 1 aliphatic carbocycles. The third-order valence-corrected chi connectivity index (χ3v) is 7.40. The fourth-order valence-corrected chi connectivity index (χ4v) is 5.60. The molecule has 2 aromatic carbocycles. The van der Waals surface area contributed by atoms with Gasteiger partial charge in [-0.25, -0.2) is 0 Å². The lowest BCUT2D eigenvalue weighted by molar-refractivity contribution is -0.122. The minimum Gasteiger partial charge on any atom is -0.369 e. The van der Waals surface area contributed by atoms with Crippen LogP contribution in [0, 0.1) is 17.2 Å². The largest absolute Gasteiger partial charge is 0.369 e. The van der Waals surface area contributed by atoms with Gasteiger partial charge in [0.2, 0.25) is 5.91 Å². The molecule has 1 spiro atoms. The van der Waals surface area contributed by atoms with Crippen LogP contribution in [0.1, 0.15) is 44.1 Å². The monoisotopic (exact) mass is 433 g/mol. The van der Waals surface area contributed by atoms with Crippen LogP contribution in [0.4, 0.5) is 5.82 Å². The highest BCUT2D eigenvalue weighted by Crippen LogP contribution is 2.46. The van der Waals surface area contributed by atoms with Crippen molar-refractivity contribution in [3.63, 3.8) is 0 Å². The van der Waals surface area contributed by atoms with Gasteiger partial charge in [-0.3, -0.25) is 9.89 Å². The minimum absolute atomic E-state index is 0.0441. The van der Waals surface area contributed by atoms with Crippen molar-refractivity contribution >= 4 is 34.2 Å². The van der Waals surface area contributed by atoms with Crippen molar-refractivity contribution in [3.8, 4) is 17.2 Å². The molecule has 6 nitrogen and oxygen atoms in total. The summed E-state index contributed by atoms with van der Waals surface area (Å²) in [7, 11) is 0. The maximum Gasteiger partial charge on any atom is 0.222 e. The lowest BCUT2D eigenvalue weighted by Crippen LogP contribution is -2.55. The number of piperidine rings is 1. The number of fused-ring (bicyclic) bond motifs is 1. The van der Waals surface area contributed by atoms with Crippen molar-refractivity contribution in [2.24, 2.45) is 11.7 Å². The van der Waals surface area contributed by atoms with E-state index in [1.165, 1.54) is 12.8 Å². The Bertz CT molecular complexity index is 1200. The number of nitrogens with zero attached hydrogens (tertiary/aromatic N) is 3. The van der Waals surface area contributed by atoms with Gasteiger partial charge in [-0.15, -0.1) is 0 Å². The maximum atomic E-state index is 12.0.